The van der Waals surface area contributed by atoms with Gasteiger partial charge in [0.25, 0.3) is 15.9 Å². The van der Waals surface area contributed by atoms with Crippen molar-refractivity contribution >= 4 is 27.3 Å². The second-order valence-corrected chi connectivity index (χ2v) is 8.76. The van der Waals surface area contributed by atoms with Crippen LogP contribution in [0.5, 0.6) is 0 Å². The van der Waals surface area contributed by atoms with Gasteiger partial charge >= 0.3 is 0 Å². The summed E-state index contributed by atoms with van der Waals surface area (Å²) in [6.45, 7) is 9.92. The van der Waals surface area contributed by atoms with Crippen LogP contribution in [0, 0.1) is 13.8 Å². The number of carbonyl (C=O) groups is 1. The van der Waals surface area contributed by atoms with Crippen molar-refractivity contribution in [2.75, 3.05) is 0 Å². The lowest BCUT2D eigenvalue weighted by atomic mass is 10.1. The Morgan fingerprint density at radius 3 is 2.52 bits per heavy atom. The van der Waals surface area contributed by atoms with Crippen molar-refractivity contribution in [1.29, 1.82) is 0 Å². The van der Waals surface area contributed by atoms with Crippen LogP contribution in [-0.2, 0) is 16.6 Å². The summed E-state index contributed by atoms with van der Waals surface area (Å²) in [4.78, 5) is 14.2. The van der Waals surface area contributed by atoms with E-state index in [1.54, 1.807) is 23.9 Å². The van der Waals surface area contributed by atoms with Gasteiger partial charge in [-0.25, -0.2) is 13.1 Å². The molecule has 0 aliphatic rings. The van der Waals surface area contributed by atoms with E-state index < -0.39 is 15.9 Å². The van der Waals surface area contributed by atoms with Gasteiger partial charge in [0.1, 0.15) is 4.90 Å². The molecule has 0 aliphatic carbocycles. The number of sulfonamides is 1. The third-order valence-electron chi connectivity index (χ3n) is 3.42. The maximum atomic E-state index is 12.5. The summed E-state index contributed by atoms with van der Waals surface area (Å²) in [7, 11) is -3.88. The van der Waals surface area contributed by atoms with Crippen LogP contribution in [0.25, 0.3) is 0 Å². The Morgan fingerprint density at radius 2 is 2.04 bits per heavy atom. The normalized spacial score (nSPS) is 11.9. The smallest absolute Gasteiger partial charge is 0.268 e. The number of thiophene rings is 1. The van der Waals surface area contributed by atoms with E-state index in [0.717, 1.165) is 4.88 Å². The van der Waals surface area contributed by atoms with Crippen LogP contribution in [0.2, 0.25) is 0 Å². The number of hydrogen-bond acceptors (Lipinski definition) is 5. The lowest BCUT2D eigenvalue weighted by Crippen LogP contribution is -2.31. The van der Waals surface area contributed by atoms with E-state index in [0.29, 0.717) is 22.7 Å². The van der Waals surface area contributed by atoms with Gasteiger partial charge in [0.2, 0.25) is 0 Å². The third kappa shape index (κ3) is 3.64. The van der Waals surface area contributed by atoms with Crippen molar-refractivity contribution < 1.29 is 13.2 Å². The van der Waals surface area contributed by atoms with Crippen molar-refractivity contribution in [3.05, 3.63) is 33.3 Å². The third-order valence-corrected chi connectivity index (χ3v) is 5.97. The second kappa shape index (κ2) is 6.45. The second-order valence-electron chi connectivity index (χ2n) is 5.65. The quantitative estimate of drug-likeness (QED) is 0.894. The molecule has 0 aromatic carbocycles. The number of rotatable bonds is 5. The summed E-state index contributed by atoms with van der Waals surface area (Å²) in [5, 5.41) is 4.34. The molecule has 0 aliphatic heterocycles. The Labute approximate surface area is 140 Å². The summed E-state index contributed by atoms with van der Waals surface area (Å²) in [5.41, 5.74) is 0.896. The van der Waals surface area contributed by atoms with Crippen molar-refractivity contribution in [1.82, 2.24) is 14.5 Å². The molecular weight excluding hydrogens is 334 g/mol. The topological polar surface area (TPSA) is 81.1 Å². The van der Waals surface area contributed by atoms with Gasteiger partial charge < -0.3 is 0 Å². The Kier molecular flexibility index (Phi) is 4.95. The average Bonchev–Trinajstić information content (AvgIpc) is 3.01. The molecule has 2 heterocycles. The van der Waals surface area contributed by atoms with E-state index in [2.05, 4.69) is 9.82 Å². The van der Waals surface area contributed by atoms with E-state index in [-0.39, 0.29) is 10.8 Å². The SMILES string of the molecule is CCn1cc(C(=O)NS(=O)(=O)c2cc(C)sc2C)c(C(C)C)n1. The number of aromatic nitrogens is 2. The lowest BCUT2D eigenvalue weighted by molar-refractivity contribution is 0.0980. The number of amides is 1. The fourth-order valence-electron chi connectivity index (χ4n) is 2.31. The van der Waals surface area contributed by atoms with Crippen LogP contribution in [0.4, 0.5) is 0 Å². The first-order valence-electron chi connectivity index (χ1n) is 7.37. The zero-order chi connectivity index (χ0) is 17.4. The van der Waals surface area contributed by atoms with Crippen LogP contribution in [0.3, 0.4) is 0 Å². The van der Waals surface area contributed by atoms with Gasteiger partial charge in [-0.05, 0) is 32.8 Å². The Bertz CT molecular complexity index is 832. The molecule has 6 nitrogen and oxygen atoms in total. The van der Waals surface area contributed by atoms with Gasteiger partial charge in [0.15, 0.2) is 0 Å². The van der Waals surface area contributed by atoms with Crippen molar-refractivity contribution in [2.24, 2.45) is 0 Å². The largest absolute Gasteiger partial charge is 0.272 e. The molecule has 126 valence electrons. The molecule has 23 heavy (non-hydrogen) atoms. The van der Waals surface area contributed by atoms with Gasteiger partial charge in [-0.3, -0.25) is 9.48 Å². The molecule has 2 aromatic heterocycles. The standard InChI is InChI=1S/C15H21N3O3S2/c1-6-18-8-12(14(16-18)9(2)3)15(19)17-23(20,21)13-7-10(4)22-11(13)5/h7-9H,6H2,1-5H3,(H,17,19). The molecule has 0 fully saturated rings. The first kappa shape index (κ1) is 17.7. The Morgan fingerprint density at radius 1 is 1.39 bits per heavy atom. The monoisotopic (exact) mass is 355 g/mol. The molecule has 0 bridgehead atoms. The van der Waals surface area contributed by atoms with Gasteiger partial charge in [-0.1, -0.05) is 13.8 Å². The number of aryl methyl sites for hydroxylation is 3. The molecule has 0 unspecified atom stereocenters. The van der Waals surface area contributed by atoms with Gasteiger partial charge in [-0.15, -0.1) is 11.3 Å². The van der Waals surface area contributed by atoms with E-state index in [9.17, 15) is 13.2 Å². The minimum absolute atomic E-state index is 0.0244. The summed E-state index contributed by atoms with van der Waals surface area (Å²) >= 11 is 1.39. The van der Waals surface area contributed by atoms with Crippen molar-refractivity contribution in [2.45, 2.75) is 52.0 Å². The number of nitrogens with one attached hydrogen (secondary N) is 1. The van der Waals surface area contributed by atoms with Crippen LogP contribution >= 0.6 is 11.3 Å². The summed E-state index contributed by atoms with van der Waals surface area (Å²) in [6, 6.07) is 1.58. The molecular formula is C15H21N3O3S2. The summed E-state index contributed by atoms with van der Waals surface area (Å²) in [6.07, 6.45) is 1.59. The molecule has 0 saturated heterocycles. The van der Waals surface area contributed by atoms with Crippen LogP contribution in [0.15, 0.2) is 17.2 Å². The van der Waals surface area contributed by atoms with Crippen LogP contribution < -0.4 is 4.72 Å². The van der Waals surface area contributed by atoms with Crippen molar-refractivity contribution in [3.63, 3.8) is 0 Å². The predicted molar refractivity (Wildman–Crippen MR) is 90.4 cm³/mol. The fraction of sp³-hybridized carbons (Fsp3) is 0.467. The van der Waals surface area contributed by atoms with Crippen LogP contribution in [-0.4, -0.2) is 24.1 Å². The number of nitrogens with zero attached hydrogens (tertiary/aromatic N) is 2. The highest BCUT2D eigenvalue weighted by Gasteiger charge is 2.25. The highest BCUT2D eigenvalue weighted by Crippen LogP contribution is 2.25. The minimum Gasteiger partial charge on any atom is -0.272 e. The molecule has 0 saturated carbocycles. The molecule has 1 amide bonds. The zero-order valence-corrected chi connectivity index (χ0v) is 15.5. The van der Waals surface area contributed by atoms with Crippen LogP contribution in [0.1, 0.15) is 52.5 Å². The maximum Gasteiger partial charge on any atom is 0.268 e. The average molecular weight is 355 g/mol. The molecule has 0 radical (unpaired) electrons. The molecule has 0 spiro atoms. The molecule has 0 atom stereocenters. The Balaban J connectivity index is 2.35. The van der Waals surface area contributed by atoms with Crippen molar-refractivity contribution in [3.8, 4) is 0 Å². The van der Waals surface area contributed by atoms with Gasteiger partial charge in [0.05, 0.1) is 11.3 Å². The number of hydrogen-bond donors (Lipinski definition) is 1. The molecule has 8 heteroatoms. The summed E-state index contributed by atoms with van der Waals surface area (Å²) in [5.74, 6) is -0.618. The molecule has 2 aromatic rings. The van der Waals surface area contributed by atoms with E-state index in [1.165, 1.54) is 11.3 Å². The lowest BCUT2D eigenvalue weighted by Gasteiger charge is -2.07. The molecule has 1 N–H and O–H groups in total. The van der Waals surface area contributed by atoms with E-state index in [1.807, 2.05) is 27.7 Å². The molecule has 2 rings (SSSR count). The van der Waals surface area contributed by atoms with E-state index >= 15 is 0 Å². The van der Waals surface area contributed by atoms with E-state index in [4.69, 9.17) is 0 Å². The highest BCUT2D eigenvalue weighted by atomic mass is 32.2. The van der Waals surface area contributed by atoms with Gasteiger partial charge in [0, 0.05) is 22.5 Å². The first-order chi connectivity index (χ1) is 10.7. The minimum atomic E-state index is -3.88. The predicted octanol–water partition coefficient (Wildman–Crippen LogP) is 2.82. The Hall–Kier alpha value is -1.67. The summed E-state index contributed by atoms with van der Waals surface area (Å²) < 4.78 is 28.7. The van der Waals surface area contributed by atoms with Gasteiger partial charge in [-0.2, -0.15) is 5.10 Å². The zero-order valence-electron chi connectivity index (χ0n) is 13.9. The number of carbonyl (C=O) groups excluding carboxylic acids is 1. The first-order valence-corrected chi connectivity index (χ1v) is 9.67. The fourth-order valence-corrected chi connectivity index (χ4v) is 4.83. The highest BCUT2D eigenvalue weighted by molar-refractivity contribution is 7.90. The maximum absolute atomic E-state index is 12.5.